The highest BCUT2D eigenvalue weighted by atomic mass is 27.2. The van der Waals surface area contributed by atoms with Crippen molar-refractivity contribution in [1.29, 1.82) is 0 Å². The van der Waals surface area contributed by atoms with Crippen LogP contribution in [0.4, 0.5) is 0 Å². The van der Waals surface area contributed by atoms with Gasteiger partial charge in [0.15, 0.2) is 0 Å². The Balaban J connectivity index is 0. The van der Waals surface area contributed by atoms with Gasteiger partial charge >= 0.3 is 15.9 Å². The molecule has 0 fully saturated rings. The van der Waals surface area contributed by atoms with Gasteiger partial charge in [0, 0.05) is 0 Å². The van der Waals surface area contributed by atoms with Crippen LogP contribution >= 0.6 is 0 Å². The molecule has 0 aliphatic rings. The first-order valence-corrected chi connectivity index (χ1v) is 3.26. The van der Waals surface area contributed by atoms with Gasteiger partial charge in [-0.15, -0.1) is 0 Å². The van der Waals surface area contributed by atoms with Crippen LogP contribution < -0.4 is 0 Å². The van der Waals surface area contributed by atoms with E-state index in [0.717, 1.165) is 0 Å². The Morgan fingerprint density at radius 1 is 1.11 bits per heavy atom. The molecule has 55 valence electrons. The summed E-state index contributed by atoms with van der Waals surface area (Å²) in [6.07, 6.45) is -0.954. The number of hydrogen-bond acceptors (Lipinski definition) is 5. The predicted octanol–water partition coefficient (Wildman–Crippen LogP) is -3.16. The fourth-order valence-electron chi connectivity index (χ4n) is 0.0577. The lowest BCUT2D eigenvalue weighted by molar-refractivity contribution is 0.0450. The van der Waals surface area contributed by atoms with Gasteiger partial charge in [0.1, 0.15) is 6.10 Å². The Kier molecular flexibility index (Phi) is 15.0. The molecule has 0 spiro atoms. The lowest BCUT2D eigenvalue weighted by Gasteiger charge is -1.96. The van der Waals surface area contributed by atoms with E-state index in [0.29, 0.717) is 0 Å². The average Bonchev–Trinajstić information content (AvgIpc) is 1.88. The Morgan fingerprint density at radius 2 is 1.33 bits per heavy atom. The highest BCUT2D eigenvalue weighted by Crippen LogP contribution is 1.71. The van der Waals surface area contributed by atoms with Crippen molar-refractivity contribution in [2.45, 2.75) is 6.10 Å². The molecule has 5 nitrogen and oxygen atoms in total. The first-order valence-electron chi connectivity index (χ1n) is 2.22. The van der Waals surface area contributed by atoms with Crippen LogP contribution in [0.5, 0.6) is 0 Å². The molecule has 0 aromatic heterocycles. The van der Waals surface area contributed by atoms with Crippen molar-refractivity contribution in [2.24, 2.45) is 0 Å². The molecule has 0 aliphatic carbocycles. The summed E-state index contributed by atoms with van der Waals surface area (Å²) in [6.45, 7) is -0.729. The Bertz CT molecular complexity index is 39.2. The molecule has 0 amide bonds. The Hall–Kier alpha value is 0.332. The van der Waals surface area contributed by atoms with Crippen molar-refractivity contribution in [3.05, 3.63) is 0 Å². The standard InChI is InChI=1S/C3H8O3.Al.2H2O/c4-1-3(6)2-5;;;/h3-6H,1-2H2;;2*1H2/q;+2;;/p-2. The topological polar surface area (TPSA) is 101 Å². The summed E-state index contributed by atoms with van der Waals surface area (Å²) in [5.74, 6) is 0. The van der Waals surface area contributed by atoms with E-state index < -0.39 is 22.0 Å². The second-order valence-electron chi connectivity index (χ2n) is 1.13. The second kappa shape index (κ2) is 11.2. The maximum absolute atomic E-state index is 8.17. The molecule has 0 unspecified atom stereocenters. The summed E-state index contributed by atoms with van der Waals surface area (Å²) in [5, 5.41) is 24.0. The van der Waals surface area contributed by atoms with Gasteiger partial charge in [0.25, 0.3) is 0 Å². The molecule has 0 atom stereocenters. The monoisotopic (exact) mass is 153 g/mol. The van der Waals surface area contributed by atoms with E-state index in [-0.39, 0.29) is 13.2 Å². The van der Waals surface area contributed by atoms with Crippen LogP contribution in [-0.4, -0.2) is 58.8 Å². The van der Waals surface area contributed by atoms with Crippen LogP contribution in [0.1, 0.15) is 0 Å². The second-order valence-corrected chi connectivity index (χ2v) is 1.37. The summed E-state index contributed by atoms with van der Waals surface area (Å²) in [4.78, 5) is 0. The molecule has 6 heteroatoms. The Labute approximate surface area is 59.6 Å². The molecule has 5 N–H and O–H groups in total. The number of hydrogen-bond donors (Lipinski definition) is 5. The zero-order valence-corrected chi connectivity index (χ0v) is 5.96. The van der Waals surface area contributed by atoms with Crippen LogP contribution in [0.2, 0.25) is 0 Å². The van der Waals surface area contributed by atoms with Crippen LogP contribution in [0.15, 0.2) is 0 Å². The van der Waals surface area contributed by atoms with Gasteiger partial charge in [-0.2, -0.15) is 0 Å². The summed E-state index contributed by atoms with van der Waals surface area (Å²) >= 11 is -1.25. The summed E-state index contributed by atoms with van der Waals surface area (Å²) < 4.78 is 14.4. The molecule has 0 heterocycles. The quantitative estimate of drug-likeness (QED) is 0.269. The van der Waals surface area contributed by atoms with E-state index in [1.165, 1.54) is 0 Å². The van der Waals surface area contributed by atoms with E-state index in [1.54, 1.807) is 0 Å². The highest BCUT2D eigenvalue weighted by molar-refractivity contribution is 6.13. The highest BCUT2D eigenvalue weighted by Gasteiger charge is 1.93. The third kappa shape index (κ3) is 17.8. The lowest BCUT2D eigenvalue weighted by Crippen LogP contribution is -2.15. The van der Waals surface area contributed by atoms with Crippen molar-refractivity contribution < 1.29 is 23.6 Å². The van der Waals surface area contributed by atoms with Crippen molar-refractivity contribution in [1.82, 2.24) is 0 Å². The maximum atomic E-state index is 8.17. The fourth-order valence-corrected chi connectivity index (χ4v) is 0.0577. The van der Waals surface area contributed by atoms with E-state index in [4.69, 9.17) is 23.6 Å². The van der Waals surface area contributed by atoms with Gasteiger partial charge < -0.3 is 23.6 Å². The summed E-state index contributed by atoms with van der Waals surface area (Å²) in [6, 6.07) is 0. The van der Waals surface area contributed by atoms with Crippen LogP contribution in [0.3, 0.4) is 0 Å². The SMILES string of the molecule is OCC(O)CO.[OH][Al][OH]. The molecule has 9 heavy (non-hydrogen) atoms. The molecule has 0 saturated heterocycles. The minimum atomic E-state index is -1.25. The fraction of sp³-hybridized carbons (Fsp3) is 1.00. The maximum Gasteiger partial charge on any atom is 0.662 e. The van der Waals surface area contributed by atoms with E-state index in [9.17, 15) is 0 Å². The first kappa shape index (κ1) is 12.1. The molecule has 0 saturated carbocycles. The lowest BCUT2D eigenvalue weighted by atomic mass is 10.4. The zero-order valence-electron chi connectivity index (χ0n) is 4.80. The number of rotatable bonds is 2. The van der Waals surface area contributed by atoms with Gasteiger partial charge in [-0.3, -0.25) is 0 Å². The van der Waals surface area contributed by atoms with E-state index in [1.807, 2.05) is 0 Å². The first-order chi connectivity index (χ1) is 4.22. The molecule has 1 radical (unpaired) electrons. The normalized spacial score (nSPS) is 8.22. The van der Waals surface area contributed by atoms with Crippen LogP contribution in [0, 0.1) is 0 Å². The smallest absolute Gasteiger partial charge is 0.499 e. The largest absolute Gasteiger partial charge is 0.662 e. The average molecular weight is 153 g/mol. The van der Waals surface area contributed by atoms with Crippen molar-refractivity contribution in [3.63, 3.8) is 0 Å². The van der Waals surface area contributed by atoms with Crippen molar-refractivity contribution in [3.8, 4) is 0 Å². The minimum absolute atomic E-state index is 0.365. The molecule has 0 aliphatic heterocycles. The van der Waals surface area contributed by atoms with E-state index >= 15 is 0 Å². The predicted molar refractivity (Wildman–Crippen MR) is 30.4 cm³/mol. The summed E-state index contributed by atoms with van der Waals surface area (Å²) in [7, 11) is 0. The molecular weight excluding hydrogens is 143 g/mol. The molecule has 0 aromatic carbocycles. The molecule has 0 rings (SSSR count). The number of aliphatic hydroxyl groups is 3. The van der Waals surface area contributed by atoms with Gasteiger partial charge in [-0.25, -0.2) is 0 Å². The van der Waals surface area contributed by atoms with Crippen LogP contribution in [-0.2, 0) is 0 Å². The van der Waals surface area contributed by atoms with Gasteiger partial charge in [0.2, 0.25) is 0 Å². The molecule has 0 aromatic rings. The van der Waals surface area contributed by atoms with E-state index in [2.05, 4.69) is 0 Å². The Morgan fingerprint density at radius 3 is 1.33 bits per heavy atom. The third-order valence-corrected chi connectivity index (χ3v) is 0.421. The van der Waals surface area contributed by atoms with Gasteiger partial charge in [0.05, 0.1) is 13.2 Å². The van der Waals surface area contributed by atoms with Crippen LogP contribution in [0.25, 0.3) is 0 Å². The van der Waals surface area contributed by atoms with Crippen molar-refractivity contribution >= 4 is 15.9 Å². The third-order valence-electron chi connectivity index (χ3n) is 0.421. The van der Waals surface area contributed by atoms with Gasteiger partial charge in [-0.05, 0) is 0 Å². The summed E-state index contributed by atoms with van der Waals surface area (Å²) in [5.41, 5.74) is 0. The molecular formula is C3H10AlO5. The van der Waals surface area contributed by atoms with Crippen molar-refractivity contribution in [2.75, 3.05) is 13.2 Å². The zero-order chi connectivity index (χ0) is 7.70. The van der Waals surface area contributed by atoms with Gasteiger partial charge in [-0.1, -0.05) is 0 Å². The molecule has 0 bridgehead atoms. The number of aliphatic hydroxyl groups excluding tert-OH is 3. The minimum Gasteiger partial charge on any atom is -0.499 e.